The minimum atomic E-state index is -6.12. The number of halogens is 10. The quantitative estimate of drug-likeness (QED) is 0.360. The number of rotatable bonds is 7. The normalized spacial score (nSPS) is 15.6. The summed E-state index contributed by atoms with van der Waals surface area (Å²) in [5.41, 5.74) is -1.73. The predicted octanol–water partition coefficient (Wildman–Crippen LogP) is 5.77. The van der Waals surface area contributed by atoms with E-state index in [1.165, 1.54) is 6.07 Å². The van der Waals surface area contributed by atoms with Crippen LogP contribution in [0.2, 0.25) is 4.34 Å². The van der Waals surface area contributed by atoms with Crippen LogP contribution in [0.3, 0.4) is 0 Å². The number of aryl methyl sites for hydroxylation is 1. The van der Waals surface area contributed by atoms with Crippen molar-refractivity contribution < 1.29 is 49.0 Å². The Hall–Kier alpha value is -2.95. The molecule has 18 heteroatoms. The molecule has 0 aromatic carbocycles. The van der Waals surface area contributed by atoms with E-state index in [9.17, 15) is 44.3 Å². The molecule has 1 fully saturated rings. The standard InChI is InChI=1S/C19H13ClF9N5O2S/c1-33-15(11(17(22,23)24)14(32-33)36-19(28,29)16(21)18(25,26)27)34-6-7(5-30-34)10-4-9(12(20)37-10)13(35)31-8-2-3-8/h4-6,8,16H,2-3H2,1H3,(H,31,35). The van der Waals surface area contributed by atoms with Crippen molar-refractivity contribution in [1.29, 1.82) is 0 Å². The molecule has 0 spiro atoms. The van der Waals surface area contributed by atoms with Crippen molar-refractivity contribution in [3.63, 3.8) is 0 Å². The molecule has 1 N–H and O–H groups in total. The van der Waals surface area contributed by atoms with Gasteiger partial charge in [0.2, 0.25) is 0 Å². The fraction of sp³-hybridized carbons (Fsp3) is 0.421. The van der Waals surface area contributed by atoms with E-state index in [1.807, 2.05) is 0 Å². The second kappa shape index (κ2) is 9.11. The molecule has 202 valence electrons. The zero-order valence-electron chi connectivity index (χ0n) is 18.1. The monoisotopic (exact) mass is 581 g/mol. The van der Waals surface area contributed by atoms with Gasteiger partial charge in [0.25, 0.3) is 18.0 Å². The first-order valence-electron chi connectivity index (χ1n) is 10.1. The number of hydrogen-bond acceptors (Lipinski definition) is 5. The van der Waals surface area contributed by atoms with Crippen LogP contribution in [0, 0.1) is 0 Å². The maximum absolute atomic E-state index is 13.8. The number of carbonyl (C=O) groups excluding carboxylic acids is 1. The SMILES string of the molecule is Cn1nc(OC(F)(F)C(F)C(F)(F)F)c(C(F)(F)F)c1-n1cc(-c2cc(C(=O)NC3CC3)c(Cl)s2)cn1. The number of amides is 1. The summed E-state index contributed by atoms with van der Waals surface area (Å²) in [5, 5.41) is 9.56. The third-order valence-electron chi connectivity index (χ3n) is 5.01. The van der Waals surface area contributed by atoms with Gasteiger partial charge in [-0.25, -0.2) is 13.8 Å². The molecule has 0 radical (unpaired) electrons. The highest BCUT2D eigenvalue weighted by atomic mass is 35.5. The van der Waals surface area contributed by atoms with Crippen molar-refractivity contribution >= 4 is 28.8 Å². The van der Waals surface area contributed by atoms with Crippen LogP contribution in [0.1, 0.15) is 28.8 Å². The van der Waals surface area contributed by atoms with E-state index in [2.05, 4.69) is 20.3 Å². The van der Waals surface area contributed by atoms with Gasteiger partial charge in [0.15, 0.2) is 11.4 Å². The van der Waals surface area contributed by atoms with Crippen LogP contribution in [-0.2, 0) is 13.2 Å². The summed E-state index contributed by atoms with van der Waals surface area (Å²) in [4.78, 5) is 12.6. The van der Waals surface area contributed by atoms with Crippen molar-refractivity contribution in [2.45, 2.75) is 43.5 Å². The molecule has 1 saturated carbocycles. The van der Waals surface area contributed by atoms with Crippen LogP contribution in [0.25, 0.3) is 16.3 Å². The number of aromatic nitrogens is 4. The van der Waals surface area contributed by atoms with Crippen molar-refractivity contribution in [2.24, 2.45) is 7.05 Å². The van der Waals surface area contributed by atoms with Gasteiger partial charge in [-0.3, -0.25) is 4.79 Å². The molecular formula is C19H13ClF9N5O2S. The van der Waals surface area contributed by atoms with E-state index in [4.69, 9.17) is 11.6 Å². The molecule has 1 aliphatic carbocycles. The Bertz CT molecular complexity index is 1330. The van der Waals surface area contributed by atoms with Crippen LogP contribution in [-0.4, -0.2) is 50.0 Å². The van der Waals surface area contributed by atoms with Crippen molar-refractivity contribution in [2.75, 3.05) is 0 Å². The number of ether oxygens (including phenoxy) is 1. The Morgan fingerprint density at radius 2 is 1.86 bits per heavy atom. The highest BCUT2D eigenvalue weighted by Crippen LogP contribution is 2.44. The smallest absolute Gasteiger partial charge is 0.410 e. The molecule has 1 atom stereocenters. The Balaban J connectivity index is 1.70. The molecule has 1 unspecified atom stereocenters. The lowest BCUT2D eigenvalue weighted by Gasteiger charge is -2.22. The van der Waals surface area contributed by atoms with Gasteiger partial charge in [0, 0.05) is 29.7 Å². The fourth-order valence-electron chi connectivity index (χ4n) is 3.17. The second-order valence-electron chi connectivity index (χ2n) is 7.91. The molecule has 3 aromatic rings. The topological polar surface area (TPSA) is 74.0 Å². The van der Waals surface area contributed by atoms with Crippen LogP contribution < -0.4 is 10.1 Å². The van der Waals surface area contributed by atoms with Gasteiger partial charge < -0.3 is 10.1 Å². The summed E-state index contributed by atoms with van der Waals surface area (Å²) >= 11 is 7.04. The average molecular weight is 582 g/mol. The molecule has 1 aliphatic rings. The minimum absolute atomic E-state index is 0.0351. The predicted molar refractivity (Wildman–Crippen MR) is 111 cm³/mol. The maximum atomic E-state index is 13.8. The molecule has 7 nitrogen and oxygen atoms in total. The zero-order valence-corrected chi connectivity index (χ0v) is 19.7. The van der Waals surface area contributed by atoms with Gasteiger partial charge in [-0.05, 0) is 18.9 Å². The minimum Gasteiger partial charge on any atom is -0.410 e. The summed E-state index contributed by atoms with van der Waals surface area (Å²) in [6.45, 7) is 0. The molecule has 0 saturated heterocycles. The van der Waals surface area contributed by atoms with E-state index in [1.54, 1.807) is 0 Å². The Morgan fingerprint density at radius 1 is 1.22 bits per heavy atom. The molecule has 37 heavy (non-hydrogen) atoms. The number of thiophene rings is 1. The van der Waals surface area contributed by atoms with Crippen molar-refractivity contribution in [3.05, 3.63) is 33.9 Å². The van der Waals surface area contributed by atoms with E-state index in [-0.39, 0.29) is 21.5 Å². The van der Waals surface area contributed by atoms with E-state index < -0.39 is 47.8 Å². The average Bonchev–Trinajstić information content (AvgIpc) is 3.15. The first-order chi connectivity index (χ1) is 17.0. The fourth-order valence-corrected chi connectivity index (χ4v) is 4.41. The summed E-state index contributed by atoms with van der Waals surface area (Å²) in [7, 11) is 0.857. The number of carbonyl (C=O) groups is 1. The van der Waals surface area contributed by atoms with Gasteiger partial charge in [0.05, 0.1) is 11.8 Å². The zero-order chi connectivity index (χ0) is 27.5. The van der Waals surface area contributed by atoms with Gasteiger partial charge in [-0.2, -0.15) is 40.2 Å². The van der Waals surface area contributed by atoms with Crippen LogP contribution in [0.5, 0.6) is 5.88 Å². The Morgan fingerprint density at radius 3 is 2.43 bits per heavy atom. The number of nitrogens with one attached hydrogen (secondary N) is 1. The lowest BCUT2D eigenvalue weighted by atomic mass is 10.2. The largest absolute Gasteiger partial charge is 0.440 e. The first-order valence-corrected chi connectivity index (χ1v) is 11.3. The number of nitrogens with zero attached hydrogens (tertiary/aromatic N) is 4. The van der Waals surface area contributed by atoms with Crippen LogP contribution in [0.15, 0.2) is 18.5 Å². The summed E-state index contributed by atoms with van der Waals surface area (Å²) in [5.74, 6) is -3.44. The van der Waals surface area contributed by atoms with Gasteiger partial charge in [-0.1, -0.05) is 11.6 Å². The Labute approximate surface area is 209 Å². The highest BCUT2D eigenvalue weighted by molar-refractivity contribution is 7.19. The van der Waals surface area contributed by atoms with E-state index in [0.29, 0.717) is 14.2 Å². The molecule has 4 rings (SSSR count). The molecular weight excluding hydrogens is 569 g/mol. The van der Waals surface area contributed by atoms with Crippen molar-refractivity contribution in [1.82, 2.24) is 24.9 Å². The third kappa shape index (κ3) is 5.51. The molecule has 1 amide bonds. The van der Waals surface area contributed by atoms with E-state index >= 15 is 0 Å². The van der Waals surface area contributed by atoms with Crippen molar-refractivity contribution in [3.8, 4) is 22.1 Å². The third-order valence-corrected chi connectivity index (χ3v) is 6.42. The highest BCUT2D eigenvalue weighted by Gasteiger charge is 2.60. The summed E-state index contributed by atoms with van der Waals surface area (Å²) in [6.07, 6.45) is -18.5. The Kier molecular flexibility index (Phi) is 6.67. The molecule has 3 heterocycles. The molecule has 3 aromatic heterocycles. The summed E-state index contributed by atoms with van der Waals surface area (Å²) in [6, 6.07) is 1.42. The second-order valence-corrected chi connectivity index (χ2v) is 9.57. The van der Waals surface area contributed by atoms with Gasteiger partial charge in [-0.15, -0.1) is 16.4 Å². The van der Waals surface area contributed by atoms with Gasteiger partial charge >= 0.3 is 18.5 Å². The maximum Gasteiger partial charge on any atom is 0.440 e. The lowest BCUT2D eigenvalue weighted by molar-refractivity contribution is -0.306. The molecule has 0 bridgehead atoms. The van der Waals surface area contributed by atoms with Crippen LogP contribution >= 0.6 is 22.9 Å². The molecule has 0 aliphatic heterocycles. The summed E-state index contributed by atoms with van der Waals surface area (Å²) < 4.78 is 124. The van der Waals surface area contributed by atoms with E-state index in [0.717, 1.165) is 43.6 Å². The number of hydrogen-bond donors (Lipinski definition) is 1. The first kappa shape index (κ1) is 27.1. The lowest BCUT2D eigenvalue weighted by Crippen LogP contribution is -2.46. The van der Waals surface area contributed by atoms with Gasteiger partial charge in [0.1, 0.15) is 4.34 Å². The number of alkyl halides is 9. The van der Waals surface area contributed by atoms with Crippen LogP contribution in [0.4, 0.5) is 39.5 Å².